The van der Waals surface area contributed by atoms with Gasteiger partial charge in [0, 0.05) is 40.0 Å². The fraction of sp³-hybridized carbons (Fsp3) is 0.0909. The lowest BCUT2D eigenvalue weighted by molar-refractivity contribution is 0.100. The van der Waals surface area contributed by atoms with Crippen LogP contribution in [0, 0.1) is 0 Å². The van der Waals surface area contributed by atoms with Crippen molar-refractivity contribution in [2.75, 3.05) is 11.9 Å². The van der Waals surface area contributed by atoms with Gasteiger partial charge in [-0.15, -0.1) is 0 Å². The molecule has 0 aliphatic carbocycles. The molecule has 0 aliphatic heterocycles. The van der Waals surface area contributed by atoms with Gasteiger partial charge in [-0.05, 0) is 35.9 Å². The molecule has 3 aromatic carbocycles. The van der Waals surface area contributed by atoms with Crippen LogP contribution in [0.5, 0.6) is 0 Å². The van der Waals surface area contributed by atoms with Crippen molar-refractivity contribution in [3.63, 3.8) is 0 Å². The number of carboxylic acid groups (broad SMARTS) is 1. The number of carbonyl (C=O) groups is 2. The van der Waals surface area contributed by atoms with Crippen LogP contribution < -0.4 is 10.6 Å². The van der Waals surface area contributed by atoms with Gasteiger partial charge in [0.2, 0.25) is 5.91 Å². The predicted molar refractivity (Wildman–Crippen MR) is 118 cm³/mol. The fourth-order valence-corrected chi connectivity index (χ4v) is 4.07. The highest BCUT2D eigenvalue weighted by atomic mass is 79.9. The van der Waals surface area contributed by atoms with Crippen LogP contribution in [-0.4, -0.2) is 28.7 Å². The zero-order valence-electron chi connectivity index (χ0n) is 15.6. The van der Waals surface area contributed by atoms with Crippen LogP contribution in [0.4, 0.5) is 10.5 Å². The molecule has 4 rings (SSSR count). The van der Waals surface area contributed by atoms with E-state index in [1.807, 2.05) is 42.5 Å². The van der Waals surface area contributed by atoms with E-state index in [4.69, 9.17) is 5.73 Å². The van der Waals surface area contributed by atoms with E-state index in [0.717, 1.165) is 31.4 Å². The highest BCUT2D eigenvalue weighted by Gasteiger charge is 2.19. The summed E-state index contributed by atoms with van der Waals surface area (Å²) in [6.07, 6.45) is -1.06. The van der Waals surface area contributed by atoms with Crippen LogP contribution in [0.3, 0.4) is 0 Å². The number of nitrogens with two attached hydrogens (primary N) is 1. The number of hydrogen-bond acceptors (Lipinski definition) is 2. The molecule has 0 bridgehead atoms. The number of amides is 2. The molecule has 146 valence electrons. The largest absolute Gasteiger partial charge is 0.465 e. The molecule has 0 unspecified atom stereocenters. The second-order valence-corrected chi connectivity index (χ2v) is 7.74. The third kappa shape index (κ3) is 3.34. The molecular weight excluding hydrogens is 434 g/mol. The molecule has 3 N–H and O–H groups in total. The van der Waals surface area contributed by atoms with Gasteiger partial charge in [0.05, 0.1) is 11.1 Å². The summed E-state index contributed by atoms with van der Waals surface area (Å²) in [6.45, 7) is 0.601. The summed E-state index contributed by atoms with van der Waals surface area (Å²) in [6, 6.07) is 19.1. The summed E-state index contributed by atoms with van der Waals surface area (Å²) in [5.41, 5.74) is 9.43. The van der Waals surface area contributed by atoms with E-state index in [1.165, 1.54) is 7.05 Å². The number of primary amides is 1. The van der Waals surface area contributed by atoms with Crippen molar-refractivity contribution >= 4 is 55.4 Å². The van der Waals surface area contributed by atoms with E-state index >= 15 is 0 Å². The van der Waals surface area contributed by atoms with Crippen molar-refractivity contribution in [3.05, 3.63) is 76.3 Å². The van der Waals surface area contributed by atoms with Crippen molar-refractivity contribution in [2.45, 2.75) is 6.54 Å². The van der Waals surface area contributed by atoms with E-state index in [2.05, 4.69) is 20.5 Å². The number of aromatic nitrogens is 1. The van der Waals surface area contributed by atoms with Crippen LogP contribution in [0.1, 0.15) is 15.9 Å². The van der Waals surface area contributed by atoms with Gasteiger partial charge in [0.25, 0.3) is 0 Å². The number of carbonyl (C=O) groups excluding carboxylic acids is 1. The molecule has 7 heteroatoms. The SMILES string of the molecule is CN(C(=O)O)c1ccc2c(c1)c1c(C(N)=O)cc(Br)cc1n2Cc1ccccc1. The smallest absolute Gasteiger partial charge is 0.411 e. The third-order valence-corrected chi connectivity index (χ3v) is 5.49. The molecule has 0 spiro atoms. The topological polar surface area (TPSA) is 88.6 Å². The fourth-order valence-electron chi connectivity index (χ4n) is 3.63. The highest BCUT2D eigenvalue weighted by molar-refractivity contribution is 9.10. The molecule has 0 aliphatic rings. The summed E-state index contributed by atoms with van der Waals surface area (Å²) in [4.78, 5) is 24.7. The normalized spacial score (nSPS) is 11.1. The Morgan fingerprint density at radius 1 is 1.07 bits per heavy atom. The minimum Gasteiger partial charge on any atom is -0.465 e. The summed E-state index contributed by atoms with van der Waals surface area (Å²) < 4.78 is 2.86. The van der Waals surface area contributed by atoms with Gasteiger partial charge in [-0.3, -0.25) is 9.69 Å². The van der Waals surface area contributed by atoms with E-state index < -0.39 is 12.0 Å². The Morgan fingerprint density at radius 2 is 1.79 bits per heavy atom. The summed E-state index contributed by atoms with van der Waals surface area (Å²) >= 11 is 3.48. The van der Waals surface area contributed by atoms with Crippen LogP contribution in [0.25, 0.3) is 21.8 Å². The molecule has 2 amide bonds. The first kappa shape index (κ1) is 19.0. The maximum atomic E-state index is 12.2. The lowest BCUT2D eigenvalue weighted by Gasteiger charge is -2.13. The van der Waals surface area contributed by atoms with Gasteiger partial charge < -0.3 is 15.4 Å². The molecule has 0 saturated heterocycles. The van der Waals surface area contributed by atoms with Crippen LogP contribution in [-0.2, 0) is 6.54 Å². The standard InChI is InChI=1S/C22H18BrN3O3/c1-25(22(28)29)15-7-8-18-16(11-15)20-17(21(24)27)9-14(23)10-19(20)26(18)12-13-5-3-2-4-6-13/h2-11H,12H2,1H3,(H2,24,27)(H,28,29). The first-order chi connectivity index (χ1) is 13.9. The molecule has 6 nitrogen and oxygen atoms in total. The van der Waals surface area contributed by atoms with Crippen molar-refractivity contribution in [1.29, 1.82) is 0 Å². The van der Waals surface area contributed by atoms with Crippen LogP contribution >= 0.6 is 15.9 Å². The van der Waals surface area contributed by atoms with Gasteiger partial charge in [0.1, 0.15) is 0 Å². The second kappa shape index (κ2) is 7.25. The molecule has 0 saturated carbocycles. The van der Waals surface area contributed by atoms with Crippen molar-refractivity contribution in [3.8, 4) is 0 Å². The Kier molecular flexibility index (Phi) is 4.76. The van der Waals surface area contributed by atoms with E-state index in [-0.39, 0.29) is 0 Å². The second-order valence-electron chi connectivity index (χ2n) is 6.83. The Hall–Kier alpha value is -3.32. The molecule has 0 fully saturated rings. The van der Waals surface area contributed by atoms with Crippen molar-refractivity contribution < 1.29 is 14.7 Å². The Bertz CT molecular complexity index is 1270. The number of rotatable bonds is 4. The minimum atomic E-state index is -1.06. The number of anilines is 1. The molecule has 4 aromatic rings. The van der Waals surface area contributed by atoms with Crippen molar-refractivity contribution in [1.82, 2.24) is 4.57 Å². The number of fused-ring (bicyclic) bond motifs is 3. The van der Waals surface area contributed by atoms with Crippen LogP contribution in [0.2, 0.25) is 0 Å². The number of nitrogens with zero attached hydrogens (tertiary/aromatic N) is 2. The minimum absolute atomic E-state index is 0.390. The molecular formula is C22H18BrN3O3. The monoisotopic (exact) mass is 451 g/mol. The summed E-state index contributed by atoms with van der Waals surface area (Å²) in [7, 11) is 1.48. The van der Waals surface area contributed by atoms with Crippen molar-refractivity contribution in [2.24, 2.45) is 5.73 Å². The van der Waals surface area contributed by atoms with E-state index in [9.17, 15) is 14.7 Å². The zero-order valence-corrected chi connectivity index (χ0v) is 17.2. The van der Waals surface area contributed by atoms with Gasteiger partial charge in [0.15, 0.2) is 0 Å². The maximum absolute atomic E-state index is 12.2. The molecule has 29 heavy (non-hydrogen) atoms. The van der Waals surface area contributed by atoms with Gasteiger partial charge in [-0.2, -0.15) is 0 Å². The Balaban J connectivity index is 2.07. The van der Waals surface area contributed by atoms with E-state index in [1.54, 1.807) is 18.2 Å². The highest BCUT2D eigenvalue weighted by Crippen LogP contribution is 2.36. The van der Waals surface area contributed by atoms with E-state index in [0.29, 0.717) is 23.2 Å². The average molecular weight is 452 g/mol. The lowest BCUT2D eigenvalue weighted by atomic mass is 10.1. The lowest BCUT2D eigenvalue weighted by Crippen LogP contribution is -2.23. The Labute approximate surface area is 175 Å². The quantitative estimate of drug-likeness (QED) is 0.466. The zero-order chi connectivity index (χ0) is 20.7. The van der Waals surface area contributed by atoms with Crippen LogP contribution in [0.15, 0.2) is 65.1 Å². The molecule has 0 atom stereocenters. The third-order valence-electron chi connectivity index (χ3n) is 5.04. The van der Waals surface area contributed by atoms with Gasteiger partial charge >= 0.3 is 6.09 Å². The number of halogens is 1. The molecule has 1 heterocycles. The number of benzene rings is 3. The van der Waals surface area contributed by atoms with Gasteiger partial charge in [-0.1, -0.05) is 46.3 Å². The first-order valence-electron chi connectivity index (χ1n) is 8.92. The number of hydrogen-bond donors (Lipinski definition) is 2. The van der Waals surface area contributed by atoms with Gasteiger partial charge in [-0.25, -0.2) is 4.79 Å². The predicted octanol–water partition coefficient (Wildman–Crippen LogP) is 4.82. The molecule has 1 aromatic heterocycles. The molecule has 0 radical (unpaired) electrons. The Morgan fingerprint density at radius 3 is 2.45 bits per heavy atom. The maximum Gasteiger partial charge on any atom is 0.411 e. The average Bonchev–Trinajstić information content (AvgIpc) is 3.00. The summed E-state index contributed by atoms with van der Waals surface area (Å²) in [5.74, 6) is -0.535. The first-order valence-corrected chi connectivity index (χ1v) is 9.72. The summed E-state index contributed by atoms with van der Waals surface area (Å²) in [5, 5.41) is 10.8.